The molecule has 2 amide bonds. The Balaban J connectivity index is 0.00000456. The minimum absolute atomic E-state index is 0. The van der Waals surface area contributed by atoms with Crippen molar-refractivity contribution in [3.8, 4) is 5.75 Å². The number of hydrogen-bond donors (Lipinski definition) is 4. The molecule has 0 aromatic heterocycles. The van der Waals surface area contributed by atoms with Gasteiger partial charge in [-0.15, -0.1) is 12.4 Å². The van der Waals surface area contributed by atoms with Crippen LogP contribution in [0.4, 0.5) is 0 Å². The number of amides is 2. The number of aliphatic carboxylic acids is 1. The van der Waals surface area contributed by atoms with Crippen LogP contribution in [0.3, 0.4) is 0 Å². The summed E-state index contributed by atoms with van der Waals surface area (Å²) in [5, 5.41) is 25.8. The van der Waals surface area contributed by atoms with Crippen LogP contribution >= 0.6 is 12.4 Å². The normalized spacial score (nSPS) is 20.8. The van der Waals surface area contributed by atoms with Crippen molar-refractivity contribution in [2.24, 2.45) is 10.9 Å². The molecule has 1 aliphatic heterocycles. The Morgan fingerprint density at radius 2 is 2.00 bits per heavy atom. The maximum Gasteiger partial charge on any atom is 0.317 e. The van der Waals surface area contributed by atoms with E-state index in [1.165, 1.54) is 22.1 Å². The molecule has 194 valence electrons. The van der Waals surface area contributed by atoms with Crippen LogP contribution in [-0.2, 0) is 20.9 Å². The van der Waals surface area contributed by atoms with Crippen molar-refractivity contribution in [1.29, 1.82) is 0 Å². The van der Waals surface area contributed by atoms with E-state index >= 15 is 0 Å². The van der Waals surface area contributed by atoms with Gasteiger partial charge in [-0.1, -0.05) is 25.3 Å². The quantitative estimate of drug-likeness (QED) is 0.225. The number of benzene rings is 1. The Bertz CT molecular complexity index is 959. The van der Waals surface area contributed by atoms with Crippen LogP contribution in [0.25, 0.3) is 0 Å². The number of likely N-dealkylation sites (tertiary alicyclic amines) is 1. The zero-order valence-electron chi connectivity index (χ0n) is 20.9. The van der Waals surface area contributed by atoms with Crippen LogP contribution in [-0.4, -0.2) is 75.2 Å². The molecular weight excluding hydrogens is 474 g/mol. The number of rotatable bonds is 9. The summed E-state index contributed by atoms with van der Waals surface area (Å²) in [4.78, 5) is 41.1. The van der Waals surface area contributed by atoms with Gasteiger partial charge in [0.05, 0.1) is 20.1 Å². The molecule has 1 unspecified atom stereocenters. The van der Waals surface area contributed by atoms with Crippen molar-refractivity contribution < 1.29 is 26.0 Å². The Hall–Kier alpha value is -2.85. The van der Waals surface area contributed by atoms with Gasteiger partial charge in [-0.2, -0.15) is 5.10 Å². The molecule has 1 heterocycles. The van der Waals surface area contributed by atoms with E-state index in [-0.39, 0.29) is 42.6 Å². The number of phenolic OH excluding ortho intramolecular Hbond substituents is 1. The van der Waals surface area contributed by atoms with E-state index in [0.29, 0.717) is 30.5 Å². The fraction of sp³-hybridized carbons (Fsp3) is 0.583. The monoisotopic (exact) mass is 510 g/mol. The number of hydrogen-bond acceptors (Lipinski definition) is 7. The van der Waals surface area contributed by atoms with Crippen molar-refractivity contribution in [2.75, 3.05) is 13.1 Å². The molecule has 5 N–H and O–H groups in total. The van der Waals surface area contributed by atoms with Gasteiger partial charge in [0.2, 0.25) is 11.8 Å². The third-order valence-electron chi connectivity index (χ3n) is 6.67. The summed E-state index contributed by atoms with van der Waals surface area (Å²) in [6.07, 6.45) is 6.96. The molecule has 2 aliphatic rings. The molecule has 3 rings (SSSR count). The lowest BCUT2D eigenvalue weighted by Crippen LogP contribution is -2.55. The van der Waals surface area contributed by atoms with Gasteiger partial charge in [-0.05, 0) is 50.3 Å². The lowest BCUT2D eigenvalue weighted by atomic mass is 9.93. The number of aromatic hydroxyl groups is 1. The van der Waals surface area contributed by atoms with Gasteiger partial charge >= 0.3 is 5.97 Å². The third kappa shape index (κ3) is 7.32. The molecule has 35 heavy (non-hydrogen) atoms. The number of carbonyl (C=O) groups is 3. The number of halogens is 1. The second-order valence-electron chi connectivity index (χ2n) is 8.96. The standard InChI is InChI=1S/C24H35N5O5.ClH/c1-16(29(15-22(31)32)19-6-3-2-4-7-19)24(34)28-11-5-8-20(28)23(33)26-13-17-9-10-18(14-27-25)21(30)12-17;/h9-10,12,14,16,19-20,30H,2-8,11,13,15,25H2,1H3,(H,26,33)(H,31,32);1H/t16-,20-;/m0./s1/i15D;/t15?,16-,20-;. The first kappa shape index (κ1) is 26.7. The molecule has 3 atom stereocenters. The topological polar surface area (TPSA) is 149 Å². The lowest BCUT2D eigenvalue weighted by Gasteiger charge is -2.38. The second kappa shape index (κ2) is 13.3. The molecule has 1 aliphatic carbocycles. The van der Waals surface area contributed by atoms with Gasteiger partial charge in [0.25, 0.3) is 0 Å². The van der Waals surface area contributed by atoms with E-state index in [1.54, 1.807) is 19.1 Å². The van der Waals surface area contributed by atoms with Gasteiger partial charge < -0.3 is 26.3 Å². The van der Waals surface area contributed by atoms with Gasteiger partial charge in [0.1, 0.15) is 11.8 Å². The highest BCUT2D eigenvalue weighted by molar-refractivity contribution is 5.90. The molecule has 1 saturated heterocycles. The van der Waals surface area contributed by atoms with Gasteiger partial charge in [0.15, 0.2) is 0 Å². The summed E-state index contributed by atoms with van der Waals surface area (Å²) >= 11 is 0. The highest BCUT2D eigenvalue weighted by Crippen LogP contribution is 2.26. The van der Waals surface area contributed by atoms with E-state index in [4.69, 9.17) is 7.21 Å². The lowest BCUT2D eigenvalue weighted by molar-refractivity contribution is -0.147. The Labute approximate surface area is 213 Å². The molecule has 1 aromatic rings. The number of hydrazone groups is 1. The van der Waals surface area contributed by atoms with E-state index in [2.05, 4.69) is 10.4 Å². The average molecular weight is 511 g/mol. The predicted octanol–water partition coefficient (Wildman–Crippen LogP) is 1.82. The molecule has 0 radical (unpaired) electrons. The molecule has 0 spiro atoms. The molecule has 1 saturated carbocycles. The maximum atomic E-state index is 13.5. The zero-order valence-corrected chi connectivity index (χ0v) is 20.7. The first-order chi connectivity index (χ1) is 16.7. The molecule has 11 heteroatoms. The summed E-state index contributed by atoms with van der Waals surface area (Å²) in [5.74, 6) is 3.19. The summed E-state index contributed by atoms with van der Waals surface area (Å²) in [6.45, 7) is 0.683. The highest BCUT2D eigenvalue weighted by Gasteiger charge is 2.39. The van der Waals surface area contributed by atoms with E-state index < -0.39 is 24.6 Å². The smallest absolute Gasteiger partial charge is 0.317 e. The van der Waals surface area contributed by atoms with E-state index in [9.17, 15) is 24.6 Å². The predicted molar refractivity (Wildman–Crippen MR) is 134 cm³/mol. The largest absolute Gasteiger partial charge is 0.507 e. The molecule has 1 aromatic carbocycles. The minimum Gasteiger partial charge on any atom is -0.507 e. The van der Waals surface area contributed by atoms with Crippen LogP contribution in [0.5, 0.6) is 5.75 Å². The Kier molecular flexibility index (Phi) is 10.2. The summed E-state index contributed by atoms with van der Waals surface area (Å²) in [7, 11) is 0. The van der Waals surface area contributed by atoms with Gasteiger partial charge in [-0.3, -0.25) is 19.3 Å². The fourth-order valence-electron chi connectivity index (χ4n) is 4.91. The van der Waals surface area contributed by atoms with Crippen LogP contribution < -0.4 is 11.2 Å². The molecule has 10 nitrogen and oxygen atoms in total. The number of nitrogens with two attached hydrogens (primary N) is 1. The number of carboxylic acid groups (broad SMARTS) is 1. The highest BCUT2D eigenvalue weighted by atomic mass is 35.5. The van der Waals surface area contributed by atoms with Crippen LogP contribution in [0.2, 0.25) is 0 Å². The van der Waals surface area contributed by atoms with E-state index in [0.717, 1.165) is 32.1 Å². The van der Waals surface area contributed by atoms with Crippen molar-refractivity contribution >= 4 is 36.4 Å². The summed E-state index contributed by atoms with van der Waals surface area (Å²) < 4.78 is 8.21. The minimum atomic E-state index is -1.54. The number of nitrogens with one attached hydrogen (secondary N) is 1. The summed E-state index contributed by atoms with van der Waals surface area (Å²) in [6, 6.07) is 3.26. The first-order valence-electron chi connectivity index (χ1n) is 12.4. The summed E-state index contributed by atoms with van der Waals surface area (Å²) in [5.41, 5.74) is 1.14. The van der Waals surface area contributed by atoms with Crippen molar-refractivity contribution in [1.82, 2.24) is 15.1 Å². The molecule has 2 fully saturated rings. The third-order valence-corrected chi connectivity index (χ3v) is 6.67. The number of phenols is 1. The van der Waals surface area contributed by atoms with E-state index in [1.807, 2.05) is 0 Å². The van der Waals surface area contributed by atoms with Gasteiger partial charge in [-0.25, -0.2) is 0 Å². The molecule has 0 bridgehead atoms. The van der Waals surface area contributed by atoms with Crippen LogP contribution in [0, 0.1) is 0 Å². The second-order valence-corrected chi connectivity index (χ2v) is 8.96. The van der Waals surface area contributed by atoms with Crippen molar-refractivity contribution in [3.05, 3.63) is 29.3 Å². The van der Waals surface area contributed by atoms with Crippen LogP contribution in [0.1, 0.15) is 64.4 Å². The van der Waals surface area contributed by atoms with Crippen molar-refractivity contribution in [3.63, 3.8) is 0 Å². The van der Waals surface area contributed by atoms with Crippen LogP contribution in [0.15, 0.2) is 23.3 Å². The average Bonchev–Trinajstić information content (AvgIpc) is 3.34. The first-order valence-corrected chi connectivity index (χ1v) is 11.8. The fourth-order valence-corrected chi connectivity index (χ4v) is 4.91. The molecular formula is C24H36ClN5O5. The Morgan fingerprint density at radius 3 is 2.63 bits per heavy atom. The van der Waals surface area contributed by atoms with Gasteiger partial charge in [0, 0.05) is 24.7 Å². The number of carboxylic acids is 1. The van der Waals surface area contributed by atoms with Crippen molar-refractivity contribution in [2.45, 2.75) is 76.5 Å². The zero-order chi connectivity index (χ0) is 25.5. The SMILES string of the molecule is Cl.[2H]C(C(=O)O)N(C1CCCCC1)[C@@H](C)C(=O)N1CCC[C@H]1C(=O)NCc1ccc(C=NN)c(O)c1. The number of nitrogens with zero attached hydrogens (tertiary/aromatic N) is 3. The maximum absolute atomic E-state index is 13.5. The Morgan fingerprint density at radius 1 is 1.29 bits per heavy atom. The number of carbonyl (C=O) groups excluding carboxylic acids is 2.